The number of nitrogens with zero attached hydrogens (tertiary/aromatic N) is 1. The Kier molecular flexibility index (Phi) is 2.72. The number of aromatic carboxylic acids is 1. The van der Waals surface area contributed by atoms with E-state index in [-0.39, 0.29) is 18.1 Å². The standard InChI is InChI=1S/C8H8N2O2.ClH/c11-8(12)6-2-1-5-3-4-9-7(5)10-6;/h1-2H,3-4H2,(H,9,10)(H,11,12);1H. The van der Waals surface area contributed by atoms with Crippen molar-refractivity contribution in [2.45, 2.75) is 6.42 Å². The summed E-state index contributed by atoms with van der Waals surface area (Å²) in [5, 5.41) is 11.6. The molecule has 1 aromatic heterocycles. The van der Waals surface area contributed by atoms with Gasteiger partial charge in [0.25, 0.3) is 0 Å². The molecule has 0 fully saturated rings. The average molecular weight is 201 g/mol. The summed E-state index contributed by atoms with van der Waals surface area (Å²) >= 11 is 0. The first-order valence-electron chi connectivity index (χ1n) is 3.74. The summed E-state index contributed by atoms with van der Waals surface area (Å²) < 4.78 is 0. The van der Waals surface area contributed by atoms with Gasteiger partial charge < -0.3 is 10.4 Å². The molecule has 0 amide bonds. The fraction of sp³-hybridized carbons (Fsp3) is 0.250. The highest BCUT2D eigenvalue weighted by Crippen LogP contribution is 2.19. The van der Waals surface area contributed by atoms with E-state index in [1.165, 1.54) is 6.07 Å². The van der Waals surface area contributed by atoms with Crippen molar-refractivity contribution >= 4 is 24.2 Å². The first-order valence-corrected chi connectivity index (χ1v) is 3.74. The summed E-state index contributed by atoms with van der Waals surface area (Å²) in [6, 6.07) is 3.35. The molecule has 4 nitrogen and oxygen atoms in total. The SMILES string of the molecule is Cl.O=C(O)c1ccc2c(n1)NCC2. The summed E-state index contributed by atoms with van der Waals surface area (Å²) in [6.45, 7) is 0.853. The first-order chi connectivity index (χ1) is 5.77. The highest BCUT2D eigenvalue weighted by molar-refractivity contribution is 5.86. The molecule has 0 bridgehead atoms. The molecule has 1 aliphatic rings. The molecular formula is C8H9ClN2O2. The number of carboxylic acids is 1. The molecule has 2 rings (SSSR count). The zero-order valence-corrected chi connectivity index (χ0v) is 7.60. The highest BCUT2D eigenvalue weighted by Gasteiger charge is 2.13. The van der Waals surface area contributed by atoms with Gasteiger partial charge in [0.1, 0.15) is 5.82 Å². The predicted octanol–water partition coefficient (Wildman–Crippen LogP) is 1.17. The Balaban J connectivity index is 0.000000845. The van der Waals surface area contributed by atoms with E-state index in [1.54, 1.807) is 0 Å². The molecule has 5 heteroatoms. The van der Waals surface area contributed by atoms with Crippen LogP contribution in [0.3, 0.4) is 0 Å². The molecule has 0 aliphatic carbocycles. The maximum absolute atomic E-state index is 10.5. The highest BCUT2D eigenvalue weighted by atomic mass is 35.5. The molecule has 1 aromatic rings. The Morgan fingerprint density at radius 1 is 1.54 bits per heavy atom. The maximum atomic E-state index is 10.5. The summed E-state index contributed by atoms with van der Waals surface area (Å²) in [7, 11) is 0. The Bertz CT molecular complexity index is 341. The van der Waals surface area contributed by atoms with Crippen LogP contribution in [0.25, 0.3) is 0 Å². The number of aromatic nitrogens is 1. The van der Waals surface area contributed by atoms with Crippen molar-refractivity contribution in [1.29, 1.82) is 0 Å². The van der Waals surface area contributed by atoms with Gasteiger partial charge in [-0.2, -0.15) is 0 Å². The zero-order valence-electron chi connectivity index (χ0n) is 6.78. The Morgan fingerprint density at radius 2 is 2.31 bits per heavy atom. The molecule has 70 valence electrons. The molecule has 1 aliphatic heterocycles. The van der Waals surface area contributed by atoms with Gasteiger partial charge in [-0.15, -0.1) is 12.4 Å². The van der Waals surface area contributed by atoms with Gasteiger partial charge in [0.2, 0.25) is 0 Å². The number of rotatable bonds is 1. The summed E-state index contributed by atoms with van der Waals surface area (Å²) in [6.07, 6.45) is 0.933. The van der Waals surface area contributed by atoms with Crippen molar-refractivity contribution in [2.75, 3.05) is 11.9 Å². The lowest BCUT2D eigenvalue weighted by molar-refractivity contribution is 0.0690. The van der Waals surface area contributed by atoms with Gasteiger partial charge in [-0.1, -0.05) is 6.07 Å². The van der Waals surface area contributed by atoms with Crippen LogP contribution in [0.5, 0.6) is 0 Å². The number of hydrogen-bond donors (Lipinski definition) is 2. The van der Waals surface area contributed by atoms with E-state index in [4.69, 9.17) is 5.11 Å². The van der Waals surface area contributed by atoms with Crippen LogP contribution in [0, 0.1) is 0 Å². The molecule has 0 radical (unpaired) electrons. The van der Waals surface area contributed by atoms with Gasteiger partial charge in [0.15, 0.2) is 5.69 Å². The van der Waals surface area contributed by atoms with E-state index in [0.29, 0.717) is 0 Å². The molecule has 0 unspecified atom stereocenters. The van der Waals surface area contributed by atoms with E-state index in [2.05, 4.69) is 10.3 Å². The van der Waals surface area contributed by atoms with Gasteiger partial charge in [-0.3, -0.25) is 0 Å². The number of halogens is 1. The molecule has 2 N–H and O–H groups in total. The molecule has 0 saturated carbocycles. The number of anilines is 1. The maximum Gasteiger partial charge on any atom is 0.354 e. The van der Waals surface area contributed by atoms with Crippen LogP contribution in [0.15, 0.2) is 12.1 Å². The minimum atomic E-state index is -0.980. The van der Waals surface area contributed by atoms with Crippen molar-refractivity contribution in [3.8, 4) is 0 Å². The zero-order chi connectivity index (χ0) is 8.55. The Morgan fingerprint density at radius 3 is 3.00 bits per heavy atom. The lowest BCUT2D eigenvalue weighted by Crippen LogP contribution is -2.02. The van der Waals surface area contributed by atoms with E-state index < -0.39 is 5.97 Å². The summed E-state index contributed by atoms with van der Waals surface area (Å²) in [5.74, 6) is -0.263. The molecule has 13 heavy (non-hydrogen) atoms. The van der Waals surface area contributed by atoms with Gasteiger partial charge in [0, 0.05) is 6.54 Å². The average Bonchev–Trinajstić information content (AvgIpc) is 2.49. The largest absolute Gasteiger partial charge is 0.477 e. The van der Waals surface area contributed by atoms with Crippen molar-refractivity contribution in [3.05, 3.63) is 23.4 Å². The van der Waals surface area contributed by atoms with Crippen LogP contribution >= 0.6 is 12.4 Å². The second-order valence-corrected chi connectivity index (χ2v) is 2.69. The monoisotopic (exact) mass is 200 g/mol. The number of carbonyl (C=O) groups is 1. The van der Waals surface area contributed by atoms with Gasteiger partial charge in [-0.25, -0.2) is 9.78 Å². The topological polar surface area (TPSA) is 62.2 Å². The number of nitrogens with one attached hydrogen (secondary N) is 1. The van der Waals surface area contributed by atoms with Gasteiger partial charge in [-0.05, 0) is 18.1 Å². The van der Waals surface area contributed by atoms with Crippen LogP contribution in [-0.2, 0) is 6.42 Å². The second-order valence-electron chi connectivity index (χ2n) is 2.69. The molecule has 0 atom stereocenters. The van der Waals surface area contributed by atoms with Gasteiger partial charge >= 0.3 is 5.97 Å². The predicted molar refractivity (Wildman–Crippen MR) is 50.6 cm³/mol. The van der Waals surface area contributed by atoms with E-state index in [0.717, 1.165) is 24.3 Å². The molecule has 0 aromatic carbocycles. The van der Waals surface area contributed by atoms with Crippen LogP contribution < -0.4 is 5.32 Å². The van der Waals surface area contributed by atoms with Crippen molar-refractivity contribution in [2.24, 2.45) is 0 Å². The van der Waals surface area contributed by atoms with E-state index in [1.807, 2.05) is 6.07 Å². The van der Waals surface area contributed by atoms with Gasteiger partial charge in [0.05, 0.1) is 0 Å². The molecule has 0 spiro atoms. The Labute approximate surface area is 81.4 Å². The fourth-order valence-electron chi connectivity index (χ4n) is 1.28. The van der Waals surface area contributed by atoms with E-state index >= 15 is 0 Å². The summed E-state index contributed by atoms with van der Waals surface area (Å²) in [5.41, 5.74) is 1.20. The van der Waals surface area contributed by atoms with E-state index in [9.17, 15) is 4.79 Å². The number of fused-ring (bicyclic) bond motifs is 1. The van der Waals surface area contributed by atoms with Crippen molar-refractivity contribution < 1.29 is 9.90 Å². The quantitative estimate of drug-likeness (QED) is 0.715. The lowest BCUT2D eigenvalue weighted by Gasteiger charge is -1.98. The smallest absolute Gasteiger partial charge is 0.354 e. The van der Waals surface area contributed by atoms with Crippen molar-refractivity contribution in [1.82, 2.24) is 4.98 Å². The summed E-state index contributed by atoms with van der Waals surface area (Å²) in [4.78, 5) is 14.5. The number of carboxylic acid groups (broad SMARTS) is 1. The molecular weight excluding hydrogens is 192 g/mol. The lowest BCUT2D eigenvalue weighted by atomic mass is 10.2. The fourth-order valence-corrected chi connectivity index (χ4v) is 1.28. The molecule has 2 heterocycles. The molecule has 0 saturated heterocycles. The van der Waals surface area contributed by atoms with Crippen LogP contribution in [0.1, 0.15) is 16.1 Å². The van der Waals surface area contributed by atoms with Crippen LogP contribution in [0.4, 0.5) is 5.82 Å². The minimum absolute atomic E-state index is 0. The third-order valence-electron chi connectivity index (χ3n) is 1.88. The first kappa shape index (κ1) is 9.80. The normalized spacial score (nSPS) is 12.6. The second kappa shape index (κ2) is 3.62. The number of pyridine rings is 1. The Hall–Kier alpha value is -1.29. The van der Waals surface area contributed by atoms with Crippen LogP contribution in [-0.4, -0.2) is 22.6 Å². The third-order valence-corrected chi connectivity index (χ3v) is 1.88. The van der Waals surface area contributed by atoms with Crippen LogP contribution in [0.2, 0.25) is 0 Å². The van der Waals surface area contributed by atoms with Crippen molar-refractivity contribution in [3.63, 3.8) is 0 Å². The number of hydrogen-bond acceptors (Lipinski definition) is 3. The minimum Gasteiger partial charge on any atom is -0.477 e. The third kappa shape index (κ3) is 1.72.